The van der Waals surface area contributed by atoms with Gasteiger partial charge in [-0.1, -0.05) is 30.3 Å². The van der Waals surface area contributed by atoms with Crippen molar-refractivity contribution in [3.05, 3.63) is 35.9 Å². The van der Waals surface area contributed by atoms with Crippen molar-refractivity contribution in [2.24, 2.45) is 0 Å². The Hall–Kier alpha value is -1.55. The number of carboxylic acid groups (broad SMARTS) is 2. The van der Waals surface area contributed by atoms with Crippen molar-refractivity contribution in [1.29, 1.82) is 0 Å². The smallest absolute Gasteiger partial charge is 0.450 e. The molecule has 4 nitrogen and oxygen atoms in total. The van der Waals surface area contributed by atoms with E-state index in [9.17, 15) is 0 Å². The van der Waals surface area contributed by atoms with E-state index < -0.39 is 6.16 Å². The molecule has 0 amide bonds. The van der Waals surface area contributed by atoms with Gasteiger partial charge in [0, 0.05) is 7.11 Å². The monoisotopic (exact) mass is 212 g/mol. The normalized spacial score (nSPS) is 11.1. The van der Waals surface area contributed by atoms with Crippen LogP contribution in [0.4, 0.5) is 4.79 Å². The van der Waals surface area contributed by atoms with Gasteiger partial charge in [0.05, 0.1) is 6.10 Å². The summed E-state index contributed by atoms with van der Waals surface area (Å²) in [5.41, 5.74) is 1.34. The third kappa shape index (κ3) is 8.77. The molecule has 0 aromatic heterocycles. The first-order chi connectivity index (χ1) is 7.06. The molecule has 1 aromatic rings. The van der Waals surface area contributed by atoms with Crippen LogP contribution in [0.25, 0.3) is 0 Å². The number of benzene rings is 1. The quantitative estimate of drug-likeness (QED) is 0.807. The average molecular weight is 212 g/mol. The highest BCUT2D eigenvalue weighted by atomic mass is 16.6. The fraction of sp³-hybridized carbons (Fsp3) is 0.364. The maximum atomic E-state index is 8.56. The van der Waals surface area contributed by atoms with Crippen LogP contribution in [0.1, 0.15) is 12.5 Å². The zero-order chi connectivity index (χ0) is 11.7. The Bertz CT molecular complexity index is 267. The second-order valence-corrected chi connectivity index (χ2v) is 3.02. The molecule has 0 saturated carbocycles. The molecule has 0 aliphatic rings. The zero-order valence-corrected chi connectivity index (χ0v) is 8.88. The molecule has 1 unspecified atom stereocenters. The summed E-state index contributed by atoms with van der Waals surface area (Å²) in [7, 11) is 1.74. The lowest BCUT2D eigenvalue weighted by molar-refractivity contribution is 0.119. The molecule has 0 radical (unpaired) electrons. The number of hydrogen-bond acceptors (Lipinski definition) is 2. The van der Waals surface area contributed by atoms with Crippen LogP contribution in [0, 0.1) is 0 Å². The second kappa shape index (κ2) is 7.82. The van der Waals surface area contributed by atoms with Crippen LogP contribution < -0.4 is 0 Å². The number of methoxy groups -OCH3 is 1. The molecule has 0 spiro atoms. The van der Waals surface area contributed by atoms with Crippen molar-refractivity contribution in [2.75, 3.05) is 7.11 Å². The molecule has 0 heterocycles. The Morgan fingerprint density at radius 1 is 1.33 bits per heavy atom. The Labute approximate surface area is 89.1 Å². The molecule has 0 bridgehead atoms. The first-order valence-electron chi connectivity index (χ1n) is 4.55. The van der Waals surface area contributed by atoms with Gasteiger partial charge in [0.15, 0.2) is 0 Å². The molecular weight excluding hydrogens is 196 g/mol. The highest BCUT2D eigenvalue weighted by Crippen LogP contribution is 2.03. The van der Waals surface area contributed by atoms with Crippen LogP contribution in [-0.2, 0) is 11.2 Å². The van der Waals surface area contributed by atoms with Crippen molar-refractivity contribution < 1.29 is 19.7 Å². The fourth-order valence-corrected chi connectivity index (χ4v) is 1.03. The molecule has 0 aliphatic carbocycles. The lowest BCUT2D eigenvalue weighted by atomic mass is 10.1. The van der Waals surface area contributed by atoms with Gasteiger partial charge in [0.1, 0.15) is 0 Å². The lowest BCUT2D eigenvalue weighted by Crippen LogP contribution is -2.07. The maximum absolute atomic E-state index is 8.56. The SMILES string of the molecule is COC(C)Cc1ccccc1.O=C(O)O. The van der Waals surface area contributed by atoms with Crippen molar-refractivity contribution in [3.8, 4) is 0 Å². The summed E-state index contributed by atoms with van der Waals surface area (Å²) in [6.07, 6.45) is -0.519. The van der Waals surface area contributed by atoms with Gasteiger partial charge in [-0.05, 0) is 18.9 Å². The minimum absolute atomic E-state index is 0.317. The molecule has 84 valence electrons. The molecule has 4 heteroatoms. The molecule has 0 aliphatic heterocycles. The van der Waals surface area contributed by atoms with Crippen molar-refractivity contribution in [2.45, 2.75) is 19.4 Å². The molecule has 2 N–H and O–H groups in total. The minimum Gasteiger partial charge on any atom is -0.450 e. The highest BCUT2D eigenvalue weighted by molar-refractivity contribution is 5.53. The molecule has 0 saturated heterocycles. The van der Waals surface area contributed by atoms with Gasteiger partial charge in [-0.25, -0.2) is 4.79 Å². The third-order valence-corrected chi connectivity index (χ3v) is 1.77. The summed E-state index contributed by atoms with van der Waals surface area (Å²) in [5, 5.41) is 13.9. The average Bonchev–Trinajstić information content (AvgIpc) is 2.18. The number of carbonyl (C=O) groups is 1. The van der Waals surface area contributed by atoms with E-state index in [1.54, 1.807) is 7.11 Å². The molecule has 0 fully saturated rings. The van der Waals surface area contributed by atoms with Gasteiger partial charge in [0.2, 0.25) is 0 Å². The molecule has 1 atom stereocenters. The second-order valence-electron chi connectivity index (χ2n) is 3.02. The first kappa shape index (κ1) is 13.4. The Morgan fingerprint density at radius 3 is 2.20 bits per heavy atom. The van der Waals surface area contributed by atoms with E-state index in [-0.39, 0.29) is 0 Å². The maximum Gasteiger partial charge on any atom is 0.503 e. The Balaban J connectivity index is 0.000000423. The van der Waals surface area contributed by atoms with Crippen molar-refractivity contribution in [3.63, 3.8) is 0 Å². The van der Waals surface area contributed by atoms with Crippen LogP contribution in [0.2, 0.25) is 0 Å². The summed E-state index contributed by atoms with van der Waals surface area (Å²) >= 11 is 0. The van der Waals surface area contributed by atoms with E-state index >= 15 is 0 Å². The van der Waals surface area contributed by atoms with E-state index in [1.807, 2.05) is 6.07 Å². The minimum atomic E-state index is -1.83. The van der Waals surface area contributed by atoms with Crippen LogP contribution in [0.15, 0.2) is 30.3 Å². The number of ether oxygens (including phenoxy) is 1. The van der Waals surface area contributed by atoms with E-state index in [1.165, 1.54) is 5.56 Å². The van der Waals surface area contributed by atoms with Crippen LogP contribution in [0.5, 0.6) is 0 Å². The molecule has 15 heavy (non-hydrogen) atoms. The van der Waals surface area contributed by atoms with Gasteiger partial charge in [-0.2, -0.15) is 0 Å². The number of rotatable bonds is 3. The zero-order valence-electron chi connectivity index (χ0n) is 8.88. The summed E-state index contributed by atoms with van der Waals surface area (Å²) in [5.74, 6) is 0. The summed E-state index contributed by atoms with van der Waals surface area (Å²) < 4.78 is 5.15. The fourth-order valence-electron chi connectivity index (χ4n) is 1.03. The predicted molar refractivity (Wildman–Crippen MR) is 57.3 cm³/mol. The van der Waals surface area contributed by atoms with Gasteiger partial charge in [0.25, 0.3) is 0 Å². The van der Waals surface area contributed by atoms with Gasteiger partial charge < -0.3 is 14.9 Å². The largest absolute Gasteiger partial charge is 0.503 e. The van der Waals surface area contributed by atoms with E-state index in [0.717, 1.165) is 6.42 Å². The molecular formula is C11H16O4. The van der Waals surface area contributed by atoms with E-state index in [2.05, 4.69) is 31.2 Å². The Morgan fingerprint density at radius 2 is 1.80 bits per heavy atom. The summed E-state index contributed by atoms with van der Waals surface area (Å²) in [4.78, 5) is 8.56. The van der Waals surface area contributed by atoms with E-state index in [0.29, 0.717) is 6.10 Å². The lowest BCUT2D eigenvalue weighted by Gasteiger charge is -2.08. The third-order valence-electron chi connectivity index (χ3n) is 1.77. The van der Waals surface area contributed by atoms with Gasteiger partial charge in [-0.15, -0.1) is 0 Å². The standard InChI is InChI=1S/C10H14O.CH2O3/c1-9(11-2)8-10-6-4-3-5-7-10;2-1(3)4/h3-7,9H,8H2,1-2H3;(H2,2,3,4). The summed E-state index contributed by atoms with van der Waals surface area (Å²) in [6, 6.07) is 10.4. The van der Waals surface area contributed by atoms with Gasteiger partial charge in [-0.3, -0.25) is 0 Å². The summed E-state index contributed by atoms with van der Waals surface area (Å²) in [6.45, 7) is 2.08. The van der Waals surface area contributed by atoms with Crippen molar-refractivity contribution >= 4 is 6.16 Å². The van der Waals surface area contributed by atoms with Crippen LogP contribution in [0.3, 0.4) is 0 Å². The van der Waals surface area contributed by atoms with Crippen LogP contribution in [-0.4, -0.2) is 29.6 Å². The molecule has 1 rings (SSSR count). The van der Waals surface area contributed by atoms with Crippen molar-refractivity contribution in [1.82, 2.24) is 0 Å². The number of hydrogen-bond donors (Lipinski definition) is 2. The predicted octanol–water partition coefficient (Wildman–Crippen LogP) is 2.49. The first-order valence-corrected chi connectivity index (χ1v) is 4.55. The van der Waals surface area contributed by atoms with Crippen LogP contribution >= 0.6 is 0 Å². The molecule has 1 aromatic carbocycles. The van der Waals surface area contributed by atoms with E-state index in [4.69, 9.17) is 19.7 Å². The van der Waals surface area contributed by atoms with Gasteiger partial charge >= 0.3 is 6.16 Å². The highest BCUT2D eigenvalue weighted by Gasteiger charge is 1.99. The Kier molecular flexibility index (Phi) is 7.01. The topological polar surface area (TPSA) is 66.8 Å².